The van der Waals surface area contributed by atoms with Crippen LogP contribution < -0.4 is 5.32 Å². The summed E-state index contributed by atoms with van der Waals surface area (Å²) in [5.74, 6) is 0.820. The summed E-state index contributed by atoms with van der Waals surface area (Å²) in [6.07, 6.45) is 3.77. The highest BCUT2D eigenvalue weighted by Gasteiger charge is 2.54. The number of benzene rings is 1. The van der Waals surface area contributed by atoms with Crippen molar-refractivity contribution in [3.05, 3.63) is 35.6 Å². The first kappa shape index (κ1) is 13.6. The van der Waals surface area contributed by atoms with E-state index in [0.29, 0.717) is 11.8 Å². The summed E-state index contributed by atoms with van der Waals surface area (Å²) in [5.41, 5.74) is 0.237. The van der Waals surface area contributed by atoms with Gasteiger partial charge in [-0.2, -0.15) is 0 Å². The van der Waals surface area contributed by atoms with Crippen molar-refractivity contribution in [2.75, 3.05) is 6.54 Å². The molecular formula is C16H20FNO2. The molecule has 1 aromatic carbocycles. The van der Waals surface area contributed by atoms with Crippen molar-refractivity contribution in [1.82, 2.24) is 5.32 Å². The maximum atomic E-state index is 13.5. The maximum Gasteiger partial charge on any atom is 0.223 e. The van der Waals surface area contributed by atoms with Crippen LogP contribution in [0.2, 0.25) is 0 Å². The third kappa shape index (κ3) is 2.57. The number of fused-ring (bicyclic) bond motifs is 1. The molecule has 0 spiro atoms. The molecule has 0 saturated heterocycles. The Bertz CT molecular complexity index is 493. The summed E-state index contributed by atoms with van der Waals surface area (Å²) in [6.45, 7) is 0.0791. The number of halogens is 1. The van der Waals surface area contributed by atoms with Crippen molar-refractivity contribution in [2.24, 2.45) is 17.8 Å². The van der Waals surface area contributed by atoms with Gasteiger partial charge in [0.15, 0.2) is 0 Å². The molecule has 2 aliphatic rings. The van der Waals surface area contributed by atoms with Gasteiger partial charge in [0.1, 0.15) is 5.82 Å². The molecule has 2 aliphatic carbocycles. The Balaban J connectivity index is 1.52. The Morgan fingerprint density at radius 3 is 2.60 bits per heavy atom. The lowest BCUT2D eigenvalue weighted by Crippen LogP contribution is -2.30. The van der Waals surface area contributed by atoms with Crippen LogP contribution in [0.1, 0.15) is 37.4 Å². The van der Waals surface area contributed by atoms with Crippen LogP contribution in [-0.4, -0.2) is 17.6 Å². The van der Waals surface area contributed by atoms with E-state index >= 15 is 0 Å². The van der Waals surface area contributed by atoms with Crippen LogP contribution in [0.5, 0.6) is 0 Å². The van der Waals surface area contributed by atoms with Gasteiger partial charge in [-0.3, -0.25) is 4.79 Å². The number of carbonyl (C=O) groups excluding carboxylic acids is 1. The average molecular weight is 277 g/mol. The van der Waals surface area contributed by atoms with E-state index < -0.39 is 11.9 Å². The zero-order valence-electron chi connectivity index (χ0n) is 11.4. The molecule has 0 aliphatic heterocycles. The molecule has 0 aromatic heterocycles. The number of carbonyl (C=O) groups is 1. The van der Waals surface area contributed by atoms with E-state index in [1.54, 1.807) is 18.2 Å². The van der Waals surface area contributed by atoms with Crippen molar-refractivity contribution in [3.8, 4) is 0 Å². The Hall–Kier alpha value is -1.42. The lowest BCUT2D eigenvalue weighted by atomic mass is 10.0. The predicted octanol–water partition coefficient (Wildman–Crippen LogP) is 2.41. The number of hydrogen-bond acceptors (Lipinski definition) is 2. The molecule has 3 rings (SSSR count). The van der Waals surface area contributed by atoms with Gasteiger partial charge in [-0.1, -0.05) is 31.0 Å². The molecule has 108 valence electrons. The second-order valence-corrected chi connectivity index (χ2v) is 5.92. The molecule has 20 heavy (non-hydrogen) atoms. The van der Waals surface area contributed by atoms with E-state index in [0.717, 1.165) is 12.8 Å². The Morgan fingerprint density at radius 2 is 1.95 bits per heavy atom. The zero-order valence-corrected chi connectivity index (χ0v) is 11.4. The van der Waals surface area contributed by atoms with Gasteiger partial charge in [-0.15, -0.1) is 0 Å². The molecule has 3 atom stereocenters. The van der Waals surface area contributed by atoms with Crippen LogP contribution in [0.4, 0.5) is 4.39 Å². The number of aliphatic hydroxyl groups is 1. The average Bonchev–Trinajstić information content (AvgIpc) is 3.19. The van der Waals surface area contributed by atoms with Gasteiger partial charge >= 0.3 is 0 Å². The molecule has 3 unspecified atom stereocenters. The zero-order chi connectivity index (χ0) is 14.1. The number of aliphatic hydroxyl groups excluding tert-OH is 1. The maximum absolute atomic E-state index is 13.5. The monoisotopic (exact) mass is 277 g/mol. The minimum atomic E-state index is -0.985. The number of amides is 1. The quantitative estimate of drug-likeness (QED) is 0.888. The molecule has 1 aromatic rings. The van der Waals surface area contributed by atoms with Crippen molar-refractivity contribution >= 4 is 5.91 Å². The minimum Gasteiger partial charge on any atom is -0.386 e. The van der Waals surface area contributed by atoms with Gasteiger partial charge in [-0.25, -0.2) is 4.39 Å². The van der Waals surface area contributed by atoms with Crippen LogP contribution in [0.3, 0.4) is 0 Å². The van der Waals surface area contributed by atoms with E-state index in [4.69, 9.17) is 0 Å². The van der Waals surface area contributed by atoms with E-state index in [9.17, 15) is 14.3 Å². The van der Waals surface area contributed by atoms with Crippen molar-refractivity contribution in [1.29, 1.82) is 0 Å². The molecule has 3 nitrogen and oxygen atoms in total. The highest BCUT2D eigenvalue weighted by Crippen LogP contribution is 2.55. The fourth-order valence-corrected chi connectivity index (χ4v) is 3.55. The molecule has 1 amide bonds. The van der Waals surface area contributed by atoms with Gasteiger partial charge in [0.25, 0.3) is 0 Å². The summed E-state index contributed by atoms with van der Waals surface area (Å²) in [7, 11) is 0. The molecule has 4 heteroatoms. The lowest BCUT2D eigenvalue weighted by molar-refractivity contribution is -0.123. The summed E-state index contributed by atoms with van der Waals surface area (Å²) in [5, 5.41) is 12.7. The first-order valence-corrected chi connectivity index (χ1v) is 7.38. The van der Waals surface area contributed by atoms with Gasteiger partial charge in [0.2, 0.25) is 5.91 Å². The van der Waals surface area contributed by atoms with Crippen LogP contribution in [-0.2, 0) is 4.79 Å². The lowest BCUT2D eigenvalue weighted by Gasteiger charge is -2.13. The molecule has 0 radical (unpaired) electrons. The molecule has 0 bridgehead atoms. The third-order valence-corrected chi connectivity index (χ3v) is 4.69. The van der Waals surface area contributed by atoms with Crippen molar-refractivity contribution < 1.29 is 14.3 Å². The standard InChI is InChI=1S/C16H20FNO2/c17-13-8-4-3-7-12(13)14(19)9-18-16(20)15-10-5-1-2-6-11(10)15/h3-4,7-8,10-11,14-15,19H,1-2,5-6,9H2,(H,18,20). The van der Waals surface area contributed by atoms with Gasteiger partial charge in [-0.05, 0) is 30.7 Å². The molecule has 0 heterocycles. The highest BCUT2D eigenvalue weighted by atomic mass is 19.1. The second-order valence-electron chi connectivity index (χ2n) is 5.92. The van der Waals surface area contributed by atoms with Crippen molar-refractivity contribution in [3.63, 3.8) is 0 Å². The topological polar surface area (TPSA) is 49.3 Å². The second kappa shape index (κ2) is 5.52. The van der Waals surface area contributed by atoms with E-state index in [2.05, 4.69) is 5.32 Å². The SMILES string of the molecule is O=C(NCC(O)c1ccccc1F)C1C2CCCCC21. The van der Waals surface area contributed by atoms with Gasteiger partial charge < -0.3 is 10.4 Å². The van der Waals surface area contributed by atoms with Crippen molar-refractivity contribution in [2.45, 2.75) is 31.8 Å². The predicted molar refractivity (Wildman–Crippen MR) is 73.3 cm³/mol. The fourth-order valence-electron chi connectivity index (χ4n) is 3.55. The van der Waals surface area contributed by atoms with Crippen LogP contribution in [0.15, 0.2) is 24.3 Å². The van der Waals surface area contributed by atoms with E-state index in [1.807, 2.05) is 0 Å². The van der Waals surface area contributed by atoms with Crippen LogP contribution in [0.25, 0.3) is 0 Å². The minimum absolute atomic E-state index is 0.0253. The van der Waals surface area contributed by atoms with E-state index in [-0.39, 0.29) is 23.9 Å². The van der Waals surface area contributed by atoms with Gasteiger partial charge in [0, 0.05) is 18.0 Å². The van der Waals surface area contributed by atoms with Gasteiger partial charge in [0.05, 0.1) is 6.10 Å². The Kier molecular flexibility index (Phi) is 3.74. The largest absolute Gasteiger partial charge is 0.386 e. The van der Waals surface area contributed by atoms with E-state index in [1.165, 1.54) is 18.9 Å². The first-order valence-electron chi connectivity index (χ1n) is 7.38. The highest BCUT2D eigenvalue weighted by molar-refractivity contribution is 5.82. The molecular weight excluding hydrogens is 257 g/mol. The molecule has 2 saturated carbocycles. The molecule has 2 N–H and O–H groups in total. The summed E-state index contributed by atoms with van der Waals surface area (Å²) >= 11 is 0. The number of nitrogens with one attached hydrogen (secondary N) is 1. The normalized spacial score (nSPS) is 29.4. The third-order valence-electron chi connectivity index (χ3n) is 4.69. The smallest absolute Gasteiger partial charge is 0.223 e. The number of hydrogen-bond donors (Lipinski definition) is 2. The van der Waals surface area contributed by atoms with Crippen LogP contribution >= 0.6 is 0 Å². The fraction of sp³-hybridized carbons (Fsp3) is 0.562. The molecule has 2 fully saturated rings. The summed E-state index contributed by atoms with van der Waals surface area (Å²) in [4.78, 5) is 12.1. The number of rotatable bonds is 4. The summed E-state index contributed by atoms with van der Waals surface area (Å²) < 4.78 is 13.5. The van der Waals surface area contributed by atoms with Crippen LogP contribution in [0, 0.1) is 23.6 Å². The Morgan fingerprint density at radius 1 is 1.30 bits per heavy atom. The first-order chi connectivity index (χ1) is 9.68. The Labute approximate surface area is 118 Å². The summed E-state index contributed by atoms with van der Waals surface area (Å²) in [6, 6.07) is 6.12.